The van der Waals surface area contributed by atoms with E-state index in [2.05, 4.69) is 71.3 Å². The average Bonchev–Trinajstić information content (AvgIpc) is 2.93. The Labute approximate surface area is 163 Å². The highest BCUT2D eigenvalue weighted by Crippen LogP contribution is 2.63. The van der Waals surface area contributed by atoms with Gasteiger partial charge in [0, 0.05) is 24.1 Å². The Bertz CT molecular complexity index is 831. The van der Waals surface area contributed by atoms with Crippen LogP contribution in [0.2, 0.25) is 0 Å². The van der Waals surface area contributed by atoms with Crippen LogP contribution in [0, 0.1) is 0 Å². The number of hydrogen-bond acceptors (Lipinski definition) is 2. The van der Waals surface area contributed by atoms with Gasteiger partial charge in [0.25, 0.3) is 0 Å². The summed E-state index contributed by atoms with van der Waals surface area (Å²) in [5.74, 6) is 0.241. The van der Waals surface area contributed by atoms with Crippen molar-refractivity contribution >= 4 is 11.6 Å². The molecule has 1 amide bonds. The van der Waals surface area contributed by atoms with E-state index >= 15 is 0 Å². The van der Waals surface area contributed by atoms with Crippen molar-refractivity contribution < 1.29 is 4.79 Å². The van der Waals surface area contributed by atoms with Gasteiger partial charge in [0.1, 0.15) is 0 Å². The number of para-hydroxylation sites is 1. The summed E-state index contributed by atoms with van der Waals surface area (Å²) in [6.45, 7) is 3.16. The van der Waals surface area contributed by atoms with Crippen LogP contribution in [0.1, 0.15) is 50.2 Å². The maximum absolute atomic E-state index is 13.6. The molecule has 3 nitrogen and oxygen atoms in total. The third kappa shape index (κ3) is 2.63. The minimum Gasteiger partial charge on any atom is -0.309 e. The Morgan fingerprint density at radius 3 is 2.41 bits per heavy atom. The van der Waals surface area contributed by atoms with E-state index in [1.54, 1.807) is 0 Å². The fourth-order valence-electron chi connectivity index (χ4n) is 5.48. The molecule has 2 aromatic rings. The first-order valence-corrected chi connectivity index (χ1v) is 10.1. The van der Waals surface area contributed by atoms with E-state index in [1.807, 2.05) is 14.1 Å². The number of carbonyl (C=O) groups excluding carboxylic acids is 1. The summed E-state index contributed by atoms with van der Waals surface area (Å²) >= 11 is 0. The van der Waals surface area contributed by atoms with E-state index in [-0.39, 0.29) is 16.9 Å². The fourth-order valence-corrected chi connectivity index (χ4v) is 5.48. The molecule has 0 bridgehead atoms. The van der Waals surface area contributed by atoms with Gasteiger partial charge in [-0.05, 0) is 44.1 Å². The monoisotopic (exact) mass is 362 g/mol. The SMILES string of the molecule is CN(C)CCC(=O)N1c2ccccc2C2(C)CCCCC12c1ccccc1. The Morgan fingerprint density at radius 1 is 1.00 bits per heavy atom. The number of benzene rings is 2. The van der Waals surface area contributed by atoms with Crippen LogP contribution in [0.5, 0.6) is 0 Å². The number of rotatable bonds is 4. The van der Waals surface area contributed by atoms with Crippen LogP contribution < -0.4 is 4.90 Å². The molecule has 0 spiro atoms. The number of fused-ring (bicyclic) bond motifs is 3. The topological polar surface area (TPSA) is 23.6 Å². The number of amides is 1. The Balaban J connectivity index is 1.92. The van der Waals surface area contributed by atoms with E-state index in [4.69, 9.17) is 0 Å². The van der Waals surface area contributed by atoms with Gasteiger partial charge in [-0.3, -0.25) is 4.79 Å². The predicted octanol–water partition coefficient (Wildman–Crippen LogP) is 4.71. The molecule has 0 aromatic heterocycles. The van der Waals surface area contributed by atoms with Crippen molar-refractivity contribution in [3.05, 3.63) is 65.7 Å². The largest absolute Gasteiger partial charge is 0.309 e. The zero-order valence-electron chi connectivity index (χ0n) is 16.7. The third-order valence-corrected chi connectivity index (χ3v) is 6.77. The van der Waals surface area contributed by atoms with Crippen molar-refractivity contribution in [2.75, 3.05) is 25.5 Å². The number of nitrogens with zero attached hydrogens (tertiary/aromatic N) is 2. The minimum atomic E-state index is -0.278. The molecule has 27 heavy (non-hydrogen) atoms. The van der Waals surface area contributed by atoms with Gasteiger partial charge in [0.05, 0.1) is 5.54 Å². The quantitative estimate of drug-likeness (QED) is 0.786. The highest BCUT2D eigenvalue weighted by molar-refractivity contribution is 5.99. The summed E-state index contributed by atoms with van der Waals surface area (Å²) in [6, 6.07) is 19.3. The molecule has 2 unspecified atom stereocenters. The van der Waals surface area contributed by atoms with E-state index in [0.29, 0.717) is 6.42 Å². The normalized spacial score (nSPS) is 26.7. The van der Waals surface area contributed by atoms with Crippen LogP contribution in [0.4, 0.5) is 5.69 Å². The second kappa shape index (κ2) is 6.79. The number of hydrogen-bond donors (Lipinski definition) is 0. The van der Waals surface area contributed by atoms with E-state index in [9.17, 15) is 4.79 Å². The molecule has 2 aliphatic rings. The van der Waals surface area contributed by atoms with Gasteiger partial charge in [0.15, 0.2) is 0 Å². The third-order valence-electron chi connectivity index (χ3n) is 6.77. The minimum absolute atomic E-state index is 0.0447. The lowest BCUT2D eigenvalue weighted by atomic mass is 9.58. The first-order chi connectivity index (χ1) is 13.0. The molecule has 1 heterocycles. The van der Waals surface area contributed by atoms with E-state index in [1.165, 1.54) is 17.5 Å². The van der Waals surface area contributed by atoms with Gasteiger partial charge >= 0.3 is 0 Å². The van der Waals surface area contributed by atoms with E-state index in [0.717, 1.165) is 31.5 Å². The Morgan fingerprint density at radius 2 is 1.67 bits per heavy atom. The van der Waals surface area contributed by atoms with Gasteiger partial charge in [-0.15, -0.1) is 0 Å². The fraction of sp³-hybridized carbons (Fsp3) is 0.458. The summed E-state index contributed by atoms with van der Waals surface area (Å²) in [4.78, 5) is 17.9. The second-order valence-electron chi connectivity index (χ2n) is 8.57. The lowest BCUT2D eigenvalue weighted by Crippen LogP contribution is -2.58. The molecule has 0 saturated heterocycles. The smallest absolute Gasteiger partial charge is 0.229 e. The standard InChI is InChI=1S/C24H30N2O/c1-23-16-9-10-17-24(23,19-11-5-4-6-12-19)26(22(27)15-18-25(2)3)21-14-8-7-13-20(21)23/h4-8,11-14H,9-10,15-18H2,1-3H3. The van der Waals surface area contributed by atoms with Crippen molar-refractivity contribution in [1.29, 1.82) is 0 Å². The van der Waals surface area contributed by atoms with Crippen LogP contribution in [0.3, 0.4) is 0 Å². The highest BCUT2D eigenvalue weighted by Gasteiger charge is 2.62. The van der Waals surface area contributed by atoms with Gasteiger partial charge in [-0.1, -0.05) is 68.3 Å². The average molecular weight is 363 g/mol. The molecule has 3 heteroatoms. The molecule has 2 atom stereocenters. The first kappa shape index (κ1) is 18.2. The lowest BCUT2D eigenvalue weighted by molar-refractivity contribution is -0.120. The molecule has 0 radical (unpaired) electrons. The Kier molecular flexibility index (Phi) is 4.59. The predicted molar refractivity (Wildman–Crippen MR) is 111 cm³/mol. The van der Waals surface area contributed by atoms with Gasteiger partial charge < -0.3 is 9.80 Å². The highest BCUT2D eigenvalue weighted by atomic mass is 16.2. The summed E-state index contributed by atoms with van der Waals surface area (Å²) in [5.41, 5.74) is 3.42. The second-order valence-corrected chi connectivity index (χ2v) is 8.57. The summed E-state index contributed by atoms with van der Waals surface area (Å²) < 4.78 is 0. The summed E-state index contributed by atoms with van der Waals surface area (Å²) in [6.07, 6.45) is 5.08. The molecule has 1 fully saturated rings. The molecule has 142 valence electrons. The number of anilines is 1. The van der Waals surface area contributed by atoms with Crippen LogP contribution in [0.25, 0.3) is 0 Å². The maximum atomic E-state index is 13.6. The van der Waals surface area contributed by atoms with Crippen LogP contribution in [-0.2, 0) is 15.7 Å². The van der Waals surface area contributed by atoms with Crippen molar-refractivity contribution in [2.24, 2.45) is 0 Å². The molecular weight excluding hydrogens is 332 g/mol. The summed E-state index contributed by atoms with van der Waals surface area (Å²) in [7, 11) is 4.06. The van der Waals surface area contributed by atoms with Gasteiger partial charge in [-0.2, -0.15) is 0 Å². The number of carbonyl (C=O) groups is 1. The van der Waals surface area contributed by atoms with Crippen molar-refractivity contribution in [3.63, 3.8) is 0 Å². The van der Waals surface area contributed by atoms with Crippen molar-refractivity contribution in [1.82, 2.24) is 4.90 Å². The van der Waals surface area contributed by atoms with Crippen LogP contribution in [0.15, 0.2) is 54.6 Å². The molecular formula is C24H30N2O. The van der Waals surface area contributed by atoms with Crippen LogP contribution in [-0.4, -0.2) is 31.4 Å². The van der Waals surface area contributed by atoms with Crippen LogP contribution >= 0.6 is 0 Å². The first-order valence-electron chi connectivity index (χ1n) is 10.1. The zero-order valence-corrected chi connectivity index (χ0v) is 16.7. The molecule has 0 N–H and O–H groups in total. The maximum Gasteiger partial charge on any atom is 0.229 e. The molecule has 1 aliphatic carbocycles. The molecule has 4 rings (SSSR count). The molecule has 1 saturated carbocycles. The zero-order chi connectivity index (χ0) is 19.1. The van der Waals surface area contributed by atoms with Crippen molar-refractivity contribution in [2.45, 2.75) is 50.0 Å². The van der Waals surface area contributed by atoms with E-state index < -0.39 is 0 Å². The Hall–Kier alpha value is -2.13. The van der Waals surface area contributed by atoms with Gasteiger partial charge in [-0.25, -0.2) is 0 Å². The molecule has 1 aliphatic heterocycles. The molecule has 2 aromatic carbocycles. The summed E-state index contributed by atoms with van der Waals surface area (Å²) in [5, 5.41) is 0. The lowest BCUT2D eigenvalue weighted by Gasteiger charge is -2.52. The van der Waals surface area contributed by atoms with Gasteiger partial charge in [0.2, 0.25) is 5.91 Å². The van der Waals surface area contributed by atoms with Crippen molar-refractivity contribution in [3.8, 4) is 0 Å².